The minimum Gasteiger partial charge on any atom is -0.465 e. The van der Waals surface area contributed by atoms with Crippen molar-refractivity contribution in [3.63, 3.8) is 0 Å². The van der Waals surface area contributed by atoms with Crippen LogP contribution in [0.2, 0.25) is 0 Å². The van der Waals surface area contributed by atoms with E-state index in [1.807, 2.05) is 0 Å². The predicted molar refractivity (Wildman–Crippen MR) is 117 cm³/mol. The molecule has 1 aliphatic rings. The fourth-order valence-electron chi connectivity index (χ4n) is 3.46. The highest BCUT2D eigenvalue weighted by Gasteiger charge is 2.37. The molecule has 0 spiro atoms. The molecule has 0 saturated heterocycles. The maximum Gasteiger partial charge on any atom is 0.341 e. The molecular weight excluding hydrogens is 444 g/mol. The maximum absolute atomic E-state index is 13.0. The van der Waals surface area contributed by atoms with Crippen LogP contribution < -0.4 is 10.2 Å². The first-order valence-electron chi connectivity index (χ1n) is 10.0. The van der Waals surface area contributed by atoms with Crippen molar-refractivity contribution in [2.75, 3.05) is 17.3 Å². The molecule has 1 N–H and O–H groups in total. The van der Waals surface area contributed by atoms with Crippen molar-refractivity contribution >= 4 is 41.0 Å². The lowest BCUT2D eigenvalue weighted by Crippen LogP contribution is -2.29. The van der Waals surface area contributed by atoms with E-state index in [1.54, 1.807) is 12.1 Å². The number of ether oxygens (including phenoxy) is 2. The zero-order valence-corrected chi connectivity index (χ0v) is 18.1. The first kappa shape index (κ1) is 22.5. The molecular formula is C24H18N2O8. The van der Waals surface area contributed by atoms with Crippen molar-refractivity contribution in [3.05, 3.63) is 82.8 Å². The summed E-state index contributed by atoms with van der Waals surface area (Å²) >= 11 is 0. The van der Waals surface area contributed by atoms with Crippen LogP contribution >= 0.6 is 0 Å². The summed E-state index contributed by atoms with van der Waals surface area (Å²) in [6.45, 7) is 1.04. The van der Waals surface area contributed by atoms with Gasteiger partial charge in [0.1, 0.15) is 5.56 Å². The number of anilines is 2. The van der Waals surface area contributed by atoms with Gasteiger partial charge in [0, 0.05) is 12.6 Å². The Morgan fingerprint density at radius 2 is 1.65 bits per heavy atom. The lowest BCUT2D eigenvalue weighted by atomic mass is 10.1. The van der Waals surface area contributed by atoms with Gasteiger partial charge in [0.25, 0.3) is 11.8 Å². The van der Waals surface area contributed by atoms with Crippen LogP contribution in [0.25, 0.3) is 0 Å². The molecule has 0 radical (unpaired) electrons. The van der Waals surface area contributed by atoms with Crippen LogP contribution in [0.1, 0.15) is 54.1 Å². The molecule has 0 fully saturated rings. The van der Waals surface area contributed by atoms with Crippen LogP contribution in [0.5, 0.6) is 0 Å². The van der Waals surface area contributed by atoms with Crippen molar-refractivity contribution in [2.45, 2.75) is 13.5 Å². The second-order valence-corrected chi connectivity index (χ2v) is 7.26. The molecule has 4 rings (SSSR count). The van der Waals surface area contributed by atoms with Crippen LogP contribution in [-0.4, -0.2) is 36.8 Å². The second-order valence-electron chi connectivity index (χ2n) is 7.26. The summed E-state index contributed by atoms with van der Waals surface area (Å²) in [5, 5.41) is 2.61. The molecule has 0 saturated carbocycles. The van der Waals surface area contributed by atoms with Gasteiger partial charge in [-0.05, 0) is 48.5 Å². The molecule has 10 nitrogen and oxygen atoms in total. The van der Waals surface area contributed by atoms with E-state index < -0.39 is 23.8 Å². The van der Waals surface area contributed by atoms with Gasteiger partial charge in [-0.25, -0.2) is 14.5 Å². The topological polar surface area (TPSA) is 132 Å². The Morgan fingerprint density at radius 1 is 0.941 bits per heavy atom. The van der Waals surface area contributed by atoms with Gasteiger partial charge in [-0.15, -0.1) is 0 Å². The minimum absolute atomic E-state index is 0.0499. The van der Waals surface area contributed by atoms with Crippen molar-refractivity contribution in [3.8, 4) is 0 Å². The summed E-state index contributed by atoms with van der Waals surface area (Å²) in [4.78, 5) is 62.2. The number of fused-ring (bicyclic) bond motifs is 1. The molecule has 0 unspecified atom stereocenters. The third-order valence-corrected chi connectivity index (χ3v) is 5.05. The summed E-state index contributed by atoms with van der Waals surface area (Å²) in [6, 6.07) is 11.6. The monoisotopic (exact) mass is 462 g/mol. The van der Waals surface area contributed by atoms with E-state index in [-0.39, 0.29) is 40.5 Å². The first-order valence-corrected chi connectivity index (χ1v) is 10.0. The number of nitrogens with zero attached hydrogens (tertiary/aromatic N) is 1. The number of rotatable bonds is 6. The van der Waals surface area contributed by atoms with Crippen LogP contribution in [0.3, 0.4) is 0 Å². The molecule has 0 bridgehead atoms. The van der Waals surface area contributed by atoms with Gasteiger partial charge < -0.3 is 19.2 Å². The number of amides is 3. The summed E-state index contributed by atoms with van der Waals surface area (Å²) in [6.07, 6.45) is 1.27. The molecule has 10 heteroatoms. The lowest BCUT2D eigenvalue weighted by Gasteiger charge is -2.14. The molecule has 3 amide bonds. The minimum atomic E-state index is -0.770. The highest BCUT2D eigenvalue weighted by molar-refractivity contribution is 6.34. The van der Waals surface area contributed by atoms with E-state index in [9.17, 15) is 24.0 Å². The van der Waals surface area contributed by atoms with E-state index in [0.717, 1.165) is 4.90 Å². The molecule has 172 valence electrons. The van der Waals surface area contributed by atoms with Crippen LogP contribution in [0, 0.1) is 0 Å². The van der Waals surface area contributed by atoms with Gasteiger partial charge in [0.15, 0.2) is 12.4 Å². The van der Waals surface area contributed by atoms with Gasteiger partial charge >= 0.3 is 11.9 Å². The number of hydrogen-bond donors (Lipinski definition) is 1. The average molecular weight is 462 g/mol. The molecule has 1 aliphatic heterocycles. The van der Waals surface area contributed by atoms with Gasteiger partial charge in [0.2, 0.25) is 5.91 Å². The Labute approximate surface area is 193 Å². The summed E-state index contributed by atoms with van der Waals surface area (Å²) < 4.78 is 15.0. The lowest BCUT2D eigenvalue weighted by molar-refractivity contribution is -0.114. The third-order valence-electron chi connectivity index (χ3n) is 5.05. The standard InChI is InChI=1S/C24H18N2O8/c1-13(27)25-15-4-6-16(7-5-15)26-21(28)17-8-3-14(11-19(17)22(26)29)23(30)34-12-20-18(9-10-33-20)24(31)32-2/h3-11H,12H2,1-2H3,(H,25,27). The largest absolute Gasteiger partial charge is 0.465 e. The number of carbonyl (C=O) groups is 5. The number of methoxy groups -OCH3 is 1. The highest BCUT2D eigenvalue weighted by atomic mass is 16.5. The second kappa shape index (κ2) is 9.02. The van der Waals surface area contributed by atoms with Crippen molar-refractivity contribution < 1.29 is 37.9 Å². The van der Waals surface area contributed by atoms with Gasteiger partial charge in [0.05, 0.1) is 35.8 Å². The molecule has 34 heavy (non-hydrogen) atoms. The molecule has 2 heterocycles. The van der Waals surface area contributed by atoms with Crippen LogP contribution in [-0.2, 0) is 20.9 Å². The van der Waals surface area contributed by atoms with Gasteiger partial charge in [-0.3, -0.25) is 14.4 Å². The zero-order chi connectivity index (χ0) is 24.4. The Hall–Kier alpha value is -4.73. The van der Waals surface area contributed by atoms with Crippen molar-refractivity contribution in [2.24, 2.45) is 0 Å². The van der Waals surface area contributed by atoms with E-state index in [4.69, 9.17) is 9.15 Å². The van der Waals surface area contributed by atoms with Crippen molar-refractivity contribution in [1.29, 1.82) is 0 Å². The van der Waals surface area contributed by atoms with Gasteiger partial charge in [-0.2, -0.15) is 0 Å². The quantitative estimate of drug-likeness (QED) is 0.436. The Balaban J connectivity index is 1.51. The summed E-state index contributed by atoms with van der Waals surface area (Å²) in [7, 11) is 1.22. The van der Waals surface area contributed by atoms with E-state index in [1.165, 1.54) is 56.7 Å². The SMILES string of the molecule is COC(=O)c1ccoc1COC(=O)c1ccc2c(c1)C(=O)N(c1ccc(NC(C)=O)cc1)C2=O. The van der Waals surface area contributed by atoms with Crippen LogP contribution in [0.15, 0.2) is 59.2 Å². The molecule has 0 aliphatic carbocycles. The van der Waals surface area contributed by atoms with Crippen LogP contribution in [0.4, 0.5) is 11.4 Å². The number of imide groups is 1. The number of benzene rings is 2. The van der Waals surface area contributed by atoms with E-state index in [2.05, 4.69) is 10.1 Å². The highest BCUT2D eigenvalue weighted by Crippen LogP contribution is 2.30. The molecule has 2 aromatic carbocycles. The molecule has 3 aromatic rings. The first-order chi connectivity index (χ1) is 16.3. The fourth-order valence-corrected chi connectivity index (χ4v) is 3.46. The molecule has 0 atom stereocenters. The number of furan rings is 1. The number of esters is 2. The number of carbonyl (C=O) groups excluding carboxylic acids is 5. The Kier molecular flexibility index (Phi) is 5.96. The summed E-state index contributed by atoms with van der Waals surface area (Å²) in [5.74, 6) is -2.67. The zero-order valence-electron chi connectivity index (χ0n) is 18.1. The van der Waals surface area contributed by atoms with E-state index in [0.29, 0.717) is 11.4 Å². The number of nitrogens with one attached hydrogen (secondary N) is 1. The smallest absolute Gasteiger partial charge is 0.341 e. The van der Waals surface area contributed by atoms with Crippen molar-refractivity contribution in [1.82, 2.24) is 0 Å². The normalized spacial score (nSPS) is 12.4. The molecule has 1 aromatic heterocycles. The number of hydrogen-bond acceptors (Lipinski definition) is 8. The Morgan fingerprint density at radius 3 is 2.32 bits per heavy atom. The fraction of sp³-hybridized carbons (Fsp3) is 0.125. The third kappa shape index (κ3) is 4.16. The predicted octanol–water partition coefficient (Wildman–Crippen LogP) is 3.18. The average Bonchev–Trinajstić information content (AvgIpc) is 3.39. The van der Waals surface area contributed by atoms with E-state index >= 15 is 0 Å². The van der Waals surface area contributed by atoms with Gasteiger partial charge in [-0.1, -0.05) is 0 Å². The summed E-state index contributed by atoms with van der Waals surface area (Å²) in [5.41, 5.74) is 1.21. The maximum atomic E-state index is 13.0. The Bertz CT molecular complexity index is 1320.